The number of likely N-dealkylation sites (tertiary alicyclic amines) is 1. The molecule has 1 saturated carbocycles. The van der Waals surface area contributed by atoms with E-state index < -0.39 is 44.3 Å². The average molecular weight is 503 g/mol. The van der Waals surface area contributed by atoms with Crippen molar-refractivity contribution in [3.05, 3.63) is 35.9 Å². The Morgan fingerprint density at radius 1 is 1.24 bits per heavy atom. The number of nitrogens with zero attached hydrogens (tertiary/aromatic N) is 1. The Hall–Kier alpha value is -1.86. The van der Waals surface area contributed by atoms with E-state index in [9.17, 15) is 26.7 Å². The maximum Gasteiger partial charge on any atom is 0.534 e. The first-order chi connectivity index (χ1) is 16.0. The molecule has 6 rings (SSSR count). The summed E-state index contributed by atoms with van der Waals surface area (Å²) in [6, 6.07) is 2.47. The fourth-order valence-electron chi connectivity index (χ4n) is 6.96. The lowest BCUT2D eigenvalue weighted by molar-refractivity contribution is -0.296. The molecule has 2 aliphatic carbocycles. The van der Waals surface area contributed by atoms with Crippen molar-refractivity contribution < 1.29 is 45.1 Å². The SMILES string of the molecule is C=CCN1CC[C@@]23c4c5ccc(OS(=O)(=O)C(F)(F)F)c4OC2C2(CCC3(O)[C@@H]1C5)OCCO2. The van der Waals surface area contributed by atoms with E-state index in [-0.39, 0.29) is 11.8 Å². The number of piperidine rings is 1. The molecule has 3 heterocycles. The molecule has 2 bridgehead atoms. The number of rotatable bonds is 4. The summed E-state index contributed by atoms with van der Waals surface area (Å²) < 4.78 is 85.7. The molecule has 0 aromatic heterocycles. The number of alkyl halides is 3. The molecule has 1 N–H and O–H groups in total. The molecule has 4 atom stereocenters. The van der Waals surface area contributed by atoms with Gasteiger partial charge in [-0.2, -0.15) is 21.6 Å². The van der Waals surface area contributed by atoms with Crippen LogP contribution in [0.25, 0.3) is 0 Å². The van der Waals surface area contributed by atoms with Crippen molar-refractivity contribution >= 4 is 10.1 Å². The molecule has 3 aliphatic heterocycles. The molecule has 3 fully saturated rings. The summed E-state index contributed by atoms with van der Waals surface area (Å²) >= 11 is 0. The maximum absolute atomic E-state index is 13.1. The molecule has 2 saturated heterocycles. The second-order valence-corrected chi connectivity index (χ2v) is 11.1. The highest BCUT2D eigenvalue weighted by Crippen LogP contribution is 2.68. The molecule has 8 nitrogen and oxygen atoms in total. The van der Waals surface area contributed by atoms with Crippen molar-refractivity contribution in [3.63, 3.8) is 0 Å². The highest BCUT2D eigenvalue weighted by Gasteiger charge is 2.77. The van der Waals surface area contributed by atoms with Gasteiger partial charge in [-0.05, 0) is 37.4 Å². The summed E-state index contributed by atoms with van der Waals surface area (Å²) in [5, 5.41) is 12.3. The van der Waals surface area contributed by atoms with E-state index in [0.29, 0.717) is 57.6 Å². The smallest absolute Gasteiger partial charge is 0.479 e. The molecule has 5 aliphatic rings. The average Bonchev–Trinajstić information content (AvgIpc) is 3.36. The van der Waals surface area contributed by atoms with Crippen LogP contribution in [0.5, 0.6) is 11.5 Å². The van der Waals surface area contributed by atoms with Gasteiger partial charge in [0, 0.05) is 24.6 Å². The standard InChI is InChI=1S/C22H24F3NO7S/c1-2-8-26-9-7-19-16-13-3-4-14(33-34(28,29)22(23,24)25)17(16)32-18(19)21(30-10-11-31-21)6-5-20(19,27)15(26)12-13/h2-4,15,18,27H,1,5-12H2/t15-,18?,19+,20?/m0/s1. The van der Waals surface area contributed by atoms with Gasteiger partial charge >= 0.3 is 15.6 Å². The van der Waals surface area contributed by atoms with Crippen LogP contribution in [0.2, 0.25) is 0 Å². The van der Waals surface area contributed by atoms with Gasteiger partial charge in [-0.15, -0.1) is 6.58 Å². The lowest BCUT2D eigenvalue weighted by Crippen LogP contribution is -2.79. The minimum Gasteiger partial charge on any atom is -0.479 e. The molecule has 0 radical (unpaired) electrons. The zero-order valence-corrected chi connectivity index (χ0v) is 19.0. The van der Waals surface area contributed by atoms with Crippen molar-refractivity contribution in [1.29, 1.82) is 0 Å². The van der Waals surface area contributed by atoms with Gasteiger partial charge in [0.25, 0.3) is 0 Å². The molecule has 12 heteroatoms. The third-order valence-corrected chi connectivity index (χ3v) is 9.15. The quantitative estimate of drug-likeness (QED) is 0.379. The van der Waals surface area contributed by atoms with E-state index in [2.05, 4.69) is 15.7 Å². The van der Waals surface area contributed by atoms with E-state index >= 15 is 0 Å². The van der Waals surface area contributed by atoms with Gasteiger partial charge in [0.1, 0.15) is 0 Å². The van der Waals surface area contributed by atoms with Crippen molar-refractivity contribution in [1.82, 2.24) is 4.90 Å². The van der Waals surface area contributed by atoms with Crippen molar-refractivity contribution in [2.75, 3.05) is 26.3 Å². The first kappa shape index (κ1) is 22.6. The second-order valence-electron chi connectivity index (χ2n) is 9.57. The van der Waals surface area contributed by atoms with Gasteiger partial charge in [0.05, 0.1) is 24.2 Å². The zero-order valence-electron chi connectivity index (χ0n) is 18.1. The van der Waals surface area contributed by atoms with Gasteiger partial charge in [-0.25, -0.2) is 0 Å². The summed E-state index contributed by atoms with van der Waals surface area (Å²) in [5.41, 5.74) is -6.67. The Bertz CT molecular complexity index is 1170. The lowest BCUT2D eigenvalue weighted by Gasteiger charge is -2.65. The minimum absolute atomic E-state index is 0.0928. The molecule has 0 amide bonds. The molecule has 2 spiro atoms. The first-order valence-corrected chi connectivity index (χ1v) is 12.6. The Labute approximate surface area is 194 Å². The van der Waals surface area contributed by atoms with Gasteiger partial charge in [-0.1, -0.05) is 12.1 Å². The predicted molar refractivity (Wildman–Crippen MR) is 111 cm³/mol. The van der Waals surface area contributed by atoms with Crippen LogP contribution in [0.15, 0.2) is 24.8 Å². The van der Waals surface area contributed by atoms with E-state index in [0.717, 1.165) is 5.56 Å². The van der Waals surface area contributed by atoms with Crippen molar-refractivity contribution in [2.45, 2.75) is 60.1 Å². The van der Waals surface area contributed by atoms with Crippen LogP contribution in [0.3, 0.4) is 0 Å². The summed E-state index contributed by atoms with van der Waals surface area (Å²) in [7, 11) is -5.92. The number of ether oxygens (including phenoxy) is 3. The van der Waals surface area contributed by atoms with Crippen LogP contribution in [-0.2, 0) is 31.4 Å². The van der Waals surface area contributed by atoms with Crippen LogP contribution < -0.4 is 8.92 Å². The third-order valence-electron chi connectivity index (χ3n) is 8.19. The minimum atomic E-state index is -5.92. The lowest BCUT2D eigenvalue weighted by atomic mass is 9.48. The van der Waals surface area contributed by atoms with Crippen LogP contribution in [-0.4, -0.2) is 73.8 Å². The van der Waals surface area contributed by atoms with Gasteiger partial charge in [0.2, 0.25) is 5.79 Å². The number of hydrogen-bond acceptors (Lipinski definition) is 8. The number of aliphatic hydroxyl groups is 1. The Morgan fingerprint density at radius 2 is 1.97 bits per heavy atom. The number of fused-ring (bicyclic) bond motifs is 1. The molecule has 1 aromatic rings. The van der Waals surface area contributed by atoms with Crippen LogP contribution in [0, 0.1) is 0 Å². The van der Waals surface area contributed by atoms with Crippen LogP contribution in [0.1, 0.15) is 30.4 Å². The highest BCUT2D eigenvalue weighted by atomic mass is 32.2. The number of benzene rings is 1. The van der Waals surface area contributed by atoms with E-state index in [1.807, 2.05) is 0 Å². The van der Waals surface area contributed by atoms with Crippen molar-refractivity contribution in [2.24, 2.45) is 0 Å². The summed E-state index contributed by atoms with van der Waals surface area (Å²) in [5.74, 6) is -1.84. The van der Waals surface area contributed by atoms with E-state index in [1.54, 1.807) is 12.1 Å². The second kappa shape index (κ2) is 6.88. The maximum atomic E-state index is 13.1. The summed E-state index contributed by atoms with van der Waals surface area (Å²) in [4.78, 5) is 2.16. The summed E-state index contributed by atoms with van der Waals surface area (Å²) in [6.45, 7) is 5.61. The number of hydrogen-bond donors (Lipinski definition) is 1. The van der Waals surface area contributed by atoms with E-state index in [1.165, 1.54) is 6.07 Å². The van der Waals surface area contributed by atoms with Gasteiger partial charge in [0.15, 0.2) is 17.6 Å². The topological polar surface area (TPSA) is 94.5 Å². The van der Waals surface area contributed by atoms with Gasteiger partial charge < -0.3 is 23.5 Å². The normalized spacial score (nSPS) is 35.6. The van der Waals surface area contributed by atoms with E-state index in [4.69, 9.17) is 14.2 Å². The fourth-order valence-corrected chi connectivity index (χ4v) is 7.42. The first-order valence-electron chi connectivity index (χ1n) is 11.2. The Kier molecular flexibility index (Phi) is 4.57. The molecule has 34 heavy (non-hydrogen) atoms. The predicted octanol–water partition coefficient (Wildman–Crippen LogP) is 2.00. The molecule has 2 unspecified atom stereocenters. The van der Waals surface area contributed by atoms with Crippen molar-refractivity contribution in [3.8, 4) is 11.5 Å². The van der Waals surface area contributed by atoms with Gasteiger partial charge in [-0.3, -0.25) is 4.90 Å². The molecular formula is C22H24F3NO7S. The molecular weight excluding hydrogens is 479 g/mol. The van der Waals surface area contributed by atoms with Crippen LogP contribution >= 0.6 is 0 Å². The zero-order chi connectivity index (χ0) is 24.1. The Balaban J connectivity index is 1.56. The highest BCUT2D eigenvalue weighted by molar-refractivity contribution is 7.88. The molecule has 1 aromatic carbocycles. The third kappa shape index (κ3) is 2.60. The fraction of sp³-hybridized carbons (Fsp3) is 0.636. The van der Waals surface area contributed by atoms with Crippen LogP contribution in [0.4, 0.5) is 13.2 Å². The summed E-state index contributed by atoms with van der Waals surface area (Å²) in [6.07, 6.45) is 2.40. The monoisotopic (exact) mass is 503 g/mol. The number of halogens is 3. The molecule has 186 valence electrons. The Morgan fingerprint density at radius 3 is 2.65 bits per heavy atom. The largest absolute Gasteiger partial charge is 0.534 e.